The molecule has 0 amide bonds. The van der Waals surface area contributed by atoms with E-state index in [4.69, 9.17) is 0 Å². The molecular formula is C21H20N2O5S. The van der Waals surface area contributed by atoms with Crippen LogP contribution in [0.15, 0.2) is 77.8 Å². The number of para-hydroxylation sites is 1. The summed E-state index contributed by atoms with van der Waals surface area (Å²) in [5, 5.41) is 10.9. The van der Waals surface area contributed by atoms with Crippen LogP contribution in [-0.2, 0) is 17.2 Å². The van der Waals surface area contributed by atoms with Gasteiger partial charge in [-0.15, -0.1) is 0 Å². The summed E-state index contributed by atoms with van der Waals surface area (Å²) in [5.41, 5.74) is 2.63. The van der Waals surface area contributed by atoms with Crippen molar-refractivity contribution in [1.82, 2.24) is 0 Å². The summed E-state index contributed by atoms with van der Waals surface area (Å²) >= 11 is 0. The van der Waals surface area contributed by atoms with Crippen LogP contribution in [0, 0.1) is 17.0 Å². The number of hydrogen-bond donors (Lipinski definition) is 0. The third-order valence-corrected chi connectivity index (χ3v) is 4.82. The Morgan fingerprint density at radius 2 is 1.55 bits per heavy atom. The van der Waals surface area contributed by atoms with Gasteiger partial charge in [0.1, 0.15) is 17.2 Å². The van der Waals surface area contributed by atoms with Gasteiger partial charge in [-0.25, -0.2) is 13.0 Å². The number of hydrogen-bond acceptors (Lipinski definition) is 5. The number of aromatic nitrogens is 1. The fourth-order valence-electron chi connectivity index (χ4n) is 2.38. The van der Waals surface area contributed by atoms with Crippen LogP contribution in [0.1, 0.15) is 16.8 Å². The van der Waals surface area contributed by atoms with E-state index in [0.29, 0.717) is 5.56 Å². The third kappa shape index (κ3) is 6.63. The lowest BCUT2D eigenvalue weighted by Crippen LogP contribution is -2.30. The third-order valence-electron chi connectivity index (χ3n) is 3.97. The summed E-state index contributed by atoms with van der Waals surface area (Å²) in [6, 6.07) is 18.3. The molecule has 0 N–H and O–H groups in total. The van der Waals surface area contributed by atoms with E-state index in [9.17, 15) is 23.1 Å². The Hall–Kier alpha value is -3.36. The van der Waals surface area contributed by atoms with Gasteiger partial charge in [-0.1, -0.05) is 29.8 Å². The molecule has 0 radical (unpaired) electrons. The smallest absolute Gasteiger partial charge is 0.276 e. The van der Waals surface area contributed by atoms with Gasteiger partial charge in [-0.05, 0) is 37.3 Å². The molecule has 0 aliphatic carbocycles. The Labute approximate surface area is 169 Å². The molecule has 0 atom stereocenters. The predicted molar refractivity (Wildman–Crippen MR) is 109 cm³/mol. The molecule has 0 spiro atoms. The molecule has 0 saturated carbocycles. The van der Waals surface area contributed by atoms with Crippen molar-refractivity contribution in [3.8, 4) is 0 Å². The van der Waals surface area contributed by atoms with Crippen LogP contribution in [0.2, 0.25) is 0 Å². The number of aryl methyl sites for hydroxylation is 2. The van der Waals surface area contributed by atoms with E-state index >= 15 is 0 Å². The Morgan fingerprint density at radius 1 is 0.931 bits per heavy atom. The molecule has 0 fully saturated rings. The first-order valence-electron chi connectivity index (χ1n) is 8.57. The van der Waals surface area contributed by atoms with Crippen LogP contribution in [-0.4, -0.2) is 17.9 Å². The number of pyridine rings is 1. The number of nitro benzene ring substituents is 1. The maximum atomic E-state index is 10.9. The molecule has 2 aromatic carbocycles. The van der Waals surface area contributed by atoms with E-state index < -0.39 is 10.1 Å². The summed E-state index contributed by atoms with van der Waals surface area (Å²) in [4.78, 5) is 10.3. The van der Waals surface area contributed by atoms with E-state index in [1.54, 1.807) is 36.4 Å². The Kier molecular flexibility index (Phi) is 7.35. The molecule has 3 rings (SSSR count). The van der Waals surface area contributed by atoms with Gasteiger partial charge in [-0.3, -0.25) is 10.1 Å². The summed E-state index contributed by atoms with van der Waals surface area (Å²) in [5.74, 6) is 0. The summed E-state index contributed by atoms with van der Waals surface area (Å²) in [6.07, 6.45) is 5.55. The van der Waals surface area contributed by atoms with Crippen molar-refractivity contribution in [1.29, 1.82) is 0 Å². The standard InChI is InChI=1S/C14H13N2O2.C7H8O3S/c1-15-11-5-4-7-13(15)10-9-12-6-2-3-8-14(12)16(17)18;1-6-2-4-7(5-3-6)11(8,9)10/h2-11H,1H3;2-5H,1H3,(H,8,9,10)/q+1;/p-1. The molecule has 0 unspecified atom stereocenters. The number of rotatable bonds is 4. The molecule has 150 valence electrons. The van der Waals surface area contributed by atoms with Crippen molar-refractivity contribution in [3.05, 3.63) is 99.9 Å². The van der Waals surface area contributed by atoms with E-state index in [1.807, 2.05) is 49.0 Å². The van der Waals surface area contributed by atoms with Crippen molar-refractivity contribution < 1.29 is 22.5 Å². The largest absolute Gasteiger partial charge is 0.744 e. The molecule has 0 saturated heterocycles. The minimum Gasteiger partial charge on any atom is -0.744 e. The van der Waals surface area contributed by atoms with Crippen molar-refractivity contribution in [2.75, 3.05) is 0 Å². The summed E-state index contributed by atoms with van der Waals surface area (Å²) in [7, 11) is -2.34. The van der Waals surface area contributed by atoms with Crippen LogP contribution in [0.3, 0.4) is 0 Å². The minimum absolute atomic E-state index is 0.118. The zero-order chi connectivity index (χ0) is 21.4. The lowest BCUT2D eigenvalue weighted by atomic mass is 10.1. The van der Waals surface area contributed by atoms with Gasteiger partial charge in [-0.2, -0.15) is 0 Å². The summed E-state index contributed by atoms with van der Waals surface area (Å²) < 4.78 is 33.1. The molecule has 7 nitrogen and oxygen atoms in total. The highest BCUT2D eigenvalue weighted by Crippen LogP contribution is 2.19. The highest BCUT2D eigenvalue weighted by molar-refractivity contribution is 7.85. The van der Waals surface area contributed by atoms with Crippen LogP contribution in [0.5, 0.6) is 0 Å². The molecule has 3 aromatic rings. The topological polar surface area (TPSA) is 104 Å². The monoisotopic (exact) mass is 412 g/mol. The molecule has 1 aromatic heterocycles. The lowest BCUT2D eigenvalue weighted by Gasteiger charge is -2.05. The van der Waals surface area contributed by atoms with E-state index in [-0.39, 0.29) is 15.5 Å². The molecule has 0 aliphatic rings. The van der Waals surface area contributed by atoms with Gasteiger partial charge in [0.05, 0.1) is 15.4 Å². The normalized spacial score (nSPS) is 11.0. The first kappa shape index (κ1) is 21.9. The molecule has 29 heavy (non-hydrogen) atoms. The van der Waals surface area contributed by atoms with Crippen LogP contribution >= 0.6 is 0 Å². The number of nitro groups is 1. The fraction of sp³-hybridized carbons (Fsp3) is 0.0952. The molecular weight excluding hydrogens is 392 g/mol. The van der Waals surface area contributed by atoms with Crippen molar-refractivity contribution in [2.24, 2.45) is 7.05 Å². The highest BCUT2D eigenvalue weighted by Gasteiger charge is 2.09. The van der Waals surface area contributed by atoms with E-state index in [0.717, 1.165) is 11.3 Å². The van der Waals surface area contributed by atoms with Crippen LogP contribution < -0.4 is 4.57 Å². The quantitative estimate of drug-likeness (QED) is 0.282. The second-order valence-electron chi connectivity index (χ2n) is 6.15. The maximum Gasteiger partial charge on any atom is 0.276 e. The van der Waals surface area contributed by atoms with Gasteiger partial charge in [0.25, 0.3) is 5.69 Å². The van der Waals surface area contributed by atoms with Crippen LogP contribution in [0.25, 0.3) is 12.2 Å². The zero-order valence-corrected chi connectivity index (χ0v) is 16.7. The molecule has 1 heterocycles. The SMILES string of the molecule is C[n+]1ccccc1C=Cc1ccccc1[N+](=O)[O-].Cc1ccc(S(=O)(=O)[O-])cc1. The van der Waals surface area contributed by atoms with Gasteiger partial charge < -0.3 is 4.55 Å². The van der Waals surface area contributed by atoms with E-state index in [1.165, 1.54) is 18.2 Å². The number of benzene rings is 2. The van der Waals surface area contributed by atoms with Crippen molar-refractivity contribution in [2.45, 2.75) is 11.8 Å². The van der Waals surface area contributed by atoms with Gasteiger partial charge in [0.2, 0.25) is 5.69 Å². The first-order valence-corrected chi connectivity index (χ1v) is 9.98. The zero-order valence-electron chi connectivity index (χ0n) is 15.9. The molecule has 0 aliphatic heterocycles. The average Bonchev–Trinajstić information content (AvgIpc) is 2.68. The fourth-order valence-corrected chi connectivity index (χ4v) is 2.85. The van der Waals surface area contributed by atoms with Crippen LogP contribution in [0.4, 0.5) is 5.69 Å². The lowest BCUT2D eigenvalue weighted by molar-refractivity contribution is -0.673. The maximum absolute atomic E-state index is 10.9. The molecule has 0 bridgehead atoms. The van der Waals surface area contributed by atoms with E-state index in [2.05, 4.69) is 0 Å². The Bertz CT molecular complexity index is 1120. The van der Waals surface area contributed by atoms with Gasteiger partial charge in [0, 0.05) is 24.3 Å². The Morgan fingerprint density at radius 3 is 2.14 bits per heavy atom. The summed E-state index contributed by atoms with van der Waals surface area (Å²) in [6.45, 7) is 1.82. The predicted octanol–water partition coefficient (Wildman–Crippen LogP) is 3.49. The van der Waals surface area contributed by atoms with Gasteiger partial charge >= 0.3 is 0 Å². The van der Waals surface area contributed by atoms with Crippen molar-refractivity contribution in [3.63, 3.8) is 0 Å². The Balaban J connectivity index is 0.000000234. The first-order chi connectivity index (χ1) is 13.7. The minimum atomic E-state index is -4.27. The molecule has 8 heteroatoms. The highest BCUT2D eigenvalue weighted by atomic mass is 32.2. The average molecular weight is 412 g/mol. The second-order valence-corrected chi connectivity index (χ2v) is 7.53. The van der Waals surface area contributed by atoms with Crippen molar-refractivity contribution >= 4 is 28.0 Å². The van der Waals surface area contributed by atoms with Gasteiger partial charge in [0.15, 0.2) is 6.20 Å². The number of nitrogens with zero attached hydrogens (tertiary/aromatic N) is 2. The second kappa shape index (κ2) is 9.72.